The molecule has 0 aromatic heterocycles. The first-order valence-electron chi connectivity index (χ1n) is 7.22. The van der Waals surface area contributed by atoms with E-state index in [1.54, 1.807) is 14.2 Å². The van der Waals surface area contributed by atoms with Crippen LogP contribution in [0.3, 0.4) is 0 Å². The fraction of sp³-hybridized carbons (Fsp3) is 0.562. The van der Waals surface area contributed by atoms with Gasteiger partial charge in [0, 0.05) is 6.04 Å². The number of esters is 1. The smallest absolute Gasteiger partial charge is 0.311 e. The zero-order chi connectivity index (χ0) is 15.4. The lowest BCUT2D eigenvalue weighted by molar-refractivity contribution is -0.152. The maximum absolute atomic E-state index is 12.2. The van der Waals surface area contributed by atoms with Gasteiger partial charge in [0.05, 0.1) is 26.2 Å². The fourth-order valence-corrected chi connectivity index (χ4v) is 2.67. The molecule has 0 amide bonds. The van der Waals surface area contributed by atoms with E-state index in [9.17, 15) is 4.79 Å². The lowest BCUT2D eigenvalue weighted by Gasteiger charge is -2.21. The largest absolute Gasteiger partial charge is 0.493 e. The molecule has 0 unspecified atom stereocenters. The van der Waals surface area contributed by atoms with E-state index in [0.717, 1.165) is 18.5 Å². The van der Waals surface area contributed by atoms with Crippen molar-refractivity contribution in [1.82, 2.24) is 5.32 Å². The molecular formula is C16H23NO4. The third-order valence-electron chi connectivity index (χ3n) is 3.64. The molecule has 5 nitrogen and oxygen atoms in total. The van der Waals surface area contributed by atoms with Gasteiger partial charge in [0.25, 0.3) is 0 Å². The van der Waals surface area contributed by atoms with E-state index in [-0.39, 0.29) is 24.0 Å². The van der Waals surface area contributed by atoms with Crippen molar-refractivity contribution in [1.29, 1.82) is 0 Å². The van der Waals surface area contributed by atoms with Crippen LogP contribution in [0.15, 0.2) is 18.2 Å². The molecule has 116 valence electrons. The summed E-state index contributed by atoms with van der Waals surface area (Å²) in [6, 6.07) is 5.69. The third kappa shape index (κ3) is 3.47. The fourth-order valence-electron chi connectivity index (χ4n) is 2.67. The van der Waals surface area contributed by atoms with Gasteiger partial charge in [-0.3, -0.25) is 4.79 Å². The Kier molecular flexibility index (Phi) is 5.07. The average molecular weight is 293 g/mol. The first-order chi connectivity index (χ1) is 10.1. The Labute approximate surface area is 125 Å². The van der Waals surface area contributed by atoms with Crippen LogP contribution in [0.2, 0.25) is 0 Å². The molecule has 5 heteroatoms. The summed E-state index contributed by atoms with van der Waals surface area (Å²) >= 11 is 0. The van der Waals surface area contributed by atoms with Gasteiger partial charge in [-0.15, -0.1) is 0 Å². The Morgan fingerprint density at radius 2 is 1.95 bits per heavy atom. The normalized spacial score (nSPS) is 21.4. The Hall–Kier alpha value is -1.75. The minimum absolute atomic E-state index is 0.0453. The zero-order valence-corrected chi connectivity index (χ0v) is 13.0. The molecule has 0 radical (unpaired) electrons. The van der Waals surface area contributed by atoms with Crippen LogP contribution in [-0.4, -0.2) is 32.8 Å². The first-order valence-corrected chi connectivity index (χ1v) is 7.22. The highest BCUT2D eigenvalue weighted by molar-refractivity contribution is 5.74. The molecule has 1 heterocycles. The van der Waals surface area contributed by atoms with Gasteiger partial charge in [0.15, 0.2) is 11.5 Å². The van der Waals surface area contributed by atoms with Crippen molar-refractivity contribution < 1.29 is 19.0 Å². The standard InChI is InChI=1S/C16H23NO4/c1-10(2)21-16(18)12-7-8-17-15(12)11-5-6-13(19-3)14(9-11)20-4/h5-6,9-10,12,15,17H,7-8H2,1-4H3/t12-,15+/m0/s1. The summed E-state index contributed by atoms with van der Waals surface area (Å²) in [6.07, 6.45) is 0.689. The molecule has 1 aliphatic rings. The van der Waals surface area contributed by atoms with Gasteiger partial charge < -0.3 is 19.5 Å². The van der Waals surface area contributed by atoms with Crippen LogP contribution in [0.4, 0.5) is 0 Å². The highest BCUT2D eigenvalue weighted by atomic mass is 16.5. The van der Waals surface area contributed by atoms with Crippen molar-refractivity contribution >= 4 is 5.97 Å². The highest BCUT2D eigenvalue weighted by Gasteiger charge is 2.35. The number of rotatable bonds is 5. The van der Waals surface area contributed by atoms with Crippen LogP contribution in [0.1, 0.15) is 31.9 Å². The van der Waals surface area contributed by atoms with Gasteiger partial charge in [0.1, 0.15) is 0 Å². The molecule has 0 bridgehead atoms. The van der Waals surface area contributed by atoms with Crippen molar-refractivity contribution in [2.24, 2.45) is 5.92 Å². The second-order valence-electron chi connectivity index (χ2n) is 5.43. The SMILES string of the molecule is COc1ccc([C@H]2NCC[C@@H]2C(=O)OC(C)C)cc1OC. The first kappa shape index (κ1) is 15.6. The van der Waals surface area contributed by atoms with Crippen LogP contribution in [-0.2, 0) is 9.53 Å². The lowest BCUT2D eigenvalue weighted by Crippen LogP contribution is -2.27. The Morgan fingerprint density at radius 1 is 1.24 bits per heavy atom. The van der Waals surface area contributed by atoms with Gasteiger partial charge in [0.2, 0.25) is 0 Å². The zero-order valence-electron chi connectivity index (χ0n) is 13.0. The van der Waals surface area contributed by atoms with Gasteiger partial charge in [-0.05, 0) is 44.5 Å². The van der Waals surface area contributed by atoms with Gasteiger partial charge in [-0.25, -0.2) is 0 Å². The Morgan fingerprint density at radius 3 is 2.57 bits per heavy atom. The Balaban J connectivity index is 2.21. The molecule has 2 rings (SSSR count). The summed E-state index contributed by atoms with van der Waals surface area (Å²) in [7, 11) is 3.21. The van der Waals surface area contributed by atoms with Gasteiger partial charge in [-0.2, -0.15) is 0 Å². The van der Waals surface area contributed by atoms with E-state index in [4.69, 9.17) is 14.2 Å². The van der Waals surface area contributed by atoms with Crippen LogP contribution >= 0.6 is 0 Å². The molecule has 1 aliphatic heterocycles. The number of nitrogens with one attached hydrogen (secondary N) is 1. The van der Waals surface area contributed by atoms with Crippen molar-refractivity contribution in [3.05, 3.63) is 23.8 Å². The van der Waals surface area contributed by atoms with E-state index in [1.165, 1.54) is 0 Å². The van der Waals surface area contributed by atoms with Crippen LogP contribution in [0, 0.1) is 5.92 Å². The summed E-state index contributed by atoms with van der Waals surface area (Å²) in [5.74, 6) is 1.04. The van der Waals surface area contributed by atoms with Crippen molar-refractivity contribution in [2.75, 3.05) is 20.8 Å². The highest BCUT2D eigenvalue weighted by Crippen LogP contribution is 2.36. The summed E-state index contributed by atoms with van der Waals surface area (Å²) in [4.78, 5) is 12.2. The number of carbonyl (C=O) groups is 1. The van der Waals surface area contributed by atoms with E-state index in [0.29, 0.717) is 11.5 Å². The maximum atomic E-state index is 12.2. The summed E-state index contributed by atoms with van der Waals surface area (Å²) in [5.41, 5.74) is 1.01. The predicted octanol–water partition coefficient (Wildman–Crippen LogP) is 2.31. The van der Waals surface area contributed by atoms with E-state index in [1.807, 2.05) is 32.0 Å². The molecule has 1 fully saturated rings. The molecule has 2 atom stereocenters. The molecule has 1 aromatic carbocycles. The summed E-state index contributed by atoms with van der Waals surface area (Å²) in [6.45, 7) is 4.54. The third-order valence-corrected chi connectivity index (χ3v) is 3.64. The number of ether oxygens (including phenoxy) is 3. The second-order valence-corrected chi connectivity index (χ2v) is 5.43. The molecule has 0 spiro atoms. The van der Waals surface area contributed by atoms with Crippen molar-refractivity contribution in [3.63, 3.8) is 0 Å². The quantitative estimate of drug-likeness (QED) is 0.844. The Bertz CT molecular complexity index is 501. The molecule has 0 saturated carbocycles. The van der Waals surface area contributed by atoms with Crippen molar-refractivity contribution in [3.8, 4) is 11.5 Å². The monoisotopic (exact) mass is 293 g/mol. The molecule has 1 saturated heterocycles. The number of hydrogen-bond donors (Lipinski definition) is 1. The summed E-state index contributed by atoms with van der Waals surface area (Å²) < 4.78 is 15.9. The van der Waals surface area contributed by atoms with E-state index in [2.05, 4.69) is 5.32 Å². The molecule has 0 aliphatic carbocycles. The average Bonchev–Trinajstić information content (AvgIpc) is 2.95. The predicted molar refractivity (Wildman–Crippen MR) is 79.6 cm³/mol. The topological polar surface area (TPSA) is 56.8 Å². The van der Waals surface area contributed by atoms with E-state index >= 15 is 0 Å². The molecular weight excluding hydrogens is 270 g/mol. The van der Waals surface area contributed by atoms with Gasteiger partial charge in [-0.1, -0.05) is 6.07 Å². The number of methoxy groups -OCH3 is 2. The van der Waals surface area contributed by atoms with Crippen LogP contribution in [0.5, 0.6) is 11.5 Å². The minimum atomic E-state index is -0.162. The lowest BCUT2D eigenvalue weighted by atomic mass is 9.94. The molecule has 21 heavy (non-hydrogen) atoms. The van der Waals surface area contributed by atoms with Crippen LogP contribution in [0.25, 0.3) is 0 Å². The minimum Gasteiger partial charge on any atom is -0.493 e. The van der Waals surface area contributed by atoms with Crippen LogP contribution < -0.4 is 14.8 Å². The van der Waals surface area contributed by atoms with Crippen molar-refractivity contribution in [2.45, 2.75) is 32.4 Å². The number of hydrogen-bond acceptors (Lipinski definition) is 5. The number of benzene rings is 1. The maximum Gasteiger partial charge on any atom is 0.311 e. The molecule has 1 N–H and O–H groups in total. The van der Waals surface area contributed by atoms with E-state index < -0.39 is 0 Å². The second kappa shape index (κ2) is 6.80. The summed E-state index contributed by atoms with van der Waals surface area (Å²) in [5, 5.41) is 3.37. The van der Waals surface area contributed by atoms with Gasteiger partial charge >= 0.3 is 5.97 Å². The number of carbonyl (C=O) groups excluding carboxylic acids is 1. The molecule has 1 aromatic rings.